The fourth-order valence-corrected chi connectivity index (χ4v) is 1.96. The molecule has 0 saturated carbocycles. The SMILES string of the molecule is COc1ccc(CNC(=O)Nc2ccc(Br)c(C)c2)cn1. The van der Waals surface area contributed by atoms with Crippen LogP contribution in [0.3, 0.4) is 0 Å². The van der Waals surface area contributed by atoms with Gasteiger partial charge >= 0.3 is 6.03 Å². The van der Waals surface area contributed by atoms with Crippen molar-refractivity contribution in [3.63, 3.8) is 0 Å². The molecule has 2 aromatic rings. The number of hydrogen-bond acceptors (Lipinski definition) is 3. The van der Waals surface area contributed by atoms with E-state index >= 15 is 0 Å². The number of anilines is 1. The molecule has 0 aliphatic carbocycles. The van der Waals surface area contributed by atoms with E-state index < -0.39 is 0 Å². The first-order chi connectivity index (χ1) is 10.1. The third kappa shape index (κ3) is 4.46. The Morgan fingerprint density at radius 2 is 2.14 bits per heavy atom. The van der Waals surface area contributed by atoms with Crippen molar-refractivity contribution in [2.75, 3.05) is 12.4 Å². The summed E-state index contributed by atoms with van der Waals surface area (Å²) < 4.78 is 5.99. The Morgan fingerprint density at radius 3 is 2.76 bits per heavy atom. The molecule has 0 saturated heterocycles. The van der Waals surface area contributed by atoms with Crippen molar-refractivity contribution in [3.05, 3.63) is 52.1 Å². The number of methoxy groups -OCH3 is 1. The molecule has 1 aromatic heterocycles. The molecule has 0 spiro atoms. The van der Waals surface area contributed by atoms with Crippen LogP contribution in [-0.2, 0) is 6.54 Å². The van der Waals surface area contributed by atoms with E-state index in [1.165, 1.54) is 0 Å². The average Bonchev–Trinajstić information content (AvgIpc) is 2.49. The number of hydrogen-bond donors (Lipinski definition) is 2. The van der Waals surface area contributed by atoms with Gasteiger partial charge < -0.3 is 15.4 Å². The third-order valence-electron chi connectivity index (χ3n) is 2.88. The Labute approximate surface area is 131 Å². The largest absolute Gasteiger partial charge is 0.481 e. The first kappa shape index (κ1) is 15.3. The van der Waals surface area contributed by atoms with Gasteiger partial charge in [0.15, 0.2) is 0 Å². The normalized spacial score (nSPS) is 10.0. The summed E-state index contributed by atoms with van der Waals surface area (Å²) >= 11 is 3.42. The number of nitrogens with one attached hydrogen (secondary N) is 2. The minimum Gasteiger partial charge on any atom is -0.481 e. The van der Waals surface area contributed by atoms with Crippen molar-refractivity contribution >= 4 is 27.6 Å². The van der Waals surface area contributed by atoms with Crippen LogP contribution in [0.1, 0.15) is 11.1 Å². The predicted octanol–water partition coefficient (Wildman–Crippen LogP) is 3.48. The lowest BCUT2D eigenvalue weighted by Crippen LogP contribution is -2.28. The average molecular weight is 350 g/mol. The molecule has 0 unspecified atom stereocenters. The van der Waals surface area contributed by atoms with Crippen molar-refractivity contribution in [2.24, 2.45) is 0 Å². The van der Waals surface area contributed by atoms with E-state index in [-0.39, 0.29) is 6.03 Å². The van der Waals surface area contributed by atoms with E-state index in [9.17, 15) is 4.79 Å². The summed E-state index contributed by atoms with van der Waals surface area (Å²) in [5, 5.41) is 5.56. The van der Waals surface area contributed by atoms with Crippen LogP contribution in [0.2, 0.25) is 0 Å². The van der Waals surface area contributed by atoms with Crippen LogP contribution in [0.5, 0.6) is 5.88 Å². The van der Waals surface area contributed by atoms with Crippen molar-refractivity contribution < 1.29 is 9.53 Å². The Hall–Kier alpha value is -2.08. The standard InChI is InChI=1S/C15H16BrN3O2/c1-10-7-12(4-5-13(10)16)19-15(20)18-9-11-3-6-14(21-2)17-8-11/h3-8H,9H2,1-2H3,(H2,18,19,20). The number of urea groups is 1. The number of carbonyl (C=O) groups excluding carboxylic acids is 1. The van der Waals surface area contributed by atoms with Gasteiger partial charge in [0.25, 0.3) is 0 Å². The number of aromatic nitrogens is 1. The maximum absolute atomic E-state index is 11.8. The smallest absolute Gasteiger partial charge is 0.319 e. The highest BCUT2D eigenvalue weighted by Gasteiger charge is 2.03. The number of nitrogens with zero attached hydrogens (tertiary/aromatic N) is 1. The van der Waals surface area contributed by atoms with Crippen LogP contribution >= 0.6 is 15.9 Å². The summed E-state index contributed by atoms with van der Waals surface area (Å²) in [6, 6.07) is 9.00. The highest BCUT2D eigenvalue weighted by Crippen LogP contribution is 2.19. The van der Waals surface area contributed by atoms with Gasteiger partial charge in [0.2, 0.25) is 5.88 Å². The number of aryl methyl sites for hydroxylation is 1. The first-order valence-corrected chi connectivity index (χ1v) is 7.17. The van der Waals surface area contributed by atoms with Crippen molar-refractivity contribution in [1.82, 2.24) is 10.3 Å². The lowest BCUT2D eigenvalue weighted by Gasteiger charge is -2.09. The van der Waals surface area contributed by atoms with E-state index in [2.05, 4.69) is 31.5 Å². The zero-order valence-corrected chi connectivity index (χ0v) is 13.4. The number of rotatable bonds is 4. The van der Waals surface area contributed by atoms with Gasteiger partial charge in [-0.25, -0.2) is 9.78 Å². The summed E-state index contributed by atoms with van der Waals surface area (Å²) in [4.78, 5) is 15.9. The Kier molecular flexibility index (Phi) is 5.16. The van der Waals surface area contributed by atoms with Crippen molar-refractivity contribution in [1.29, 1.82) is 0 Å². The van der Waals surface area contributed by atoms with Gasteiger partial charge in [0.1, 0.15) is 0 Å². The summed E-state index contributed by atoms with van der Waals surface area (Å²) in [6.45, 7) is 2.37. The van der Waals surface area contributed by atoms with E-state index in [1.807, 2.05) is 31.2 Å². The molecule has 6 heteroatoms. The zero-order chi connectivity index (χ0) is 15.2. The van der Waals surface area contributed by atoms with Crippen LogP contribution in [-0.4, -0.2) is 18.1 Å². The molecule has 0 aliphatic rings. The van der Waals surface area contributed by atoms with Crippen molar-refractivity contribution in [3.8, 4) is 5.88 Å². The monoisotopic (exact) mass is 349 g/mol. The molecule has 1 heterocycles. The van der Waals surface area contributed by atoms with Gasteiger partial charge in [-0.3, -0.25) is 0 Å². The summed E-state index contributed by atoms with van der Waals surface area (Å²) in [5.74, 6) is 0.550. The Morgan fingerprint density at radius 1 is 1.33 bits per heavy atom. The molecular weight excluding hydrogens is 334 g/mol. The number of amides is 2. The molecule has 0 bridgehead atoms. The van der Waals surface area contributed by atoms with E-state index in [1.54, 1.807) is 19.4 Å². The van der Waals surface area contributed by atoms with Gasteiger partial charge in [0, 0.05) is 29.0 Å². The van der Waals surface area contributed by atoms with Crippen molar-refractivity contribution in [2.45, 2.75) is 13.5 Å². The van der Waals surface area contributed by atoms with Gasteiger partial charge in [-0.05, 0) is 36.2 Å². The number of halogens is 1. The van der Waals surface area contributed by atoms with E-state index in [0.29, 0.717) is 12.4 Å². The molecule has 1 aromatic carbocycles. The number of benzene rings is 1. The van der Waals surface area contributed by atoms with Gasteiger partial charge in [-0.15, -0.1) is 0 Å². The minimum atomic E-state index is -0.257. The quantitative estimate of drug-likeness (QED) is 0.887. The minimum absolute atomic E-state index is 0.257. The van der Waals surface area contributed by atoms with Crippen LogP contribution in [0.4, 0.5) is 10.5 Å². The third-order valence-corrected chi connectivity index (χ3v) is 3.77. The lowest BCUT2D eigenvalue weighted by atomic mass is 10.2. The lowest BCUT2D eigenvalue weighted by molar-refractivity contribution is 0.251. The van der Waals surface area contributed by atoms with Crippen LogP contribution in [0.25, 0.3) is 0 Å². The van der Waals surface area contributed by atoms with Crippen LogP contribution in [0.15, 0.2) is 41.0 Å². The Balaban J connectivity index is 1.87. The zero-order valence-electron chi connectivity index (χ0n) is 11.8. The second-order valence-corrected chi connectivity index (χ2v) is 5.33. The molecule has 0 aliphatic heterocycles. The second-order valence-electron chi connectivity index (χ2n) is 4.48. The molecule has 21 heavy (non-hydrogen) atoms. The summed E-state index contributed by atoms with van der Waals surface area (Å²) in [5.41, 5.74) is 2.71. The maximum Gasteiger partial charge on any atom is 0.319 e. The fourth-order valence-electron chi connectivity index (χ4n) is 1.72. The molecule has 0 atom stereocenters. The second kappa shape index (κ2) is 7.08. The number of ether oxygens (including phenoxy) is 1. The Bertz CT molecular complexity index is 629. The number of carbonyl (C=O) groups is 1. The van der Waals surface area contributed by atoms with Gasteiger partial charge in [-0.1, -0.05) is 22.0 Å². The molecule has 2 N–H and O–H groups in total. The molecule has 0 fully saturated rings. The highest BCUT2D eigenvalue weighted by molar-refractivity contribution is 9.10. The van der Waals surface area contributed by atoms with Crippen LogP contribution < -0.4 is 15.4 Å². The van der Waals surface area contributed by atoms with Gasteiger partial charge in [-0.2, -0.15) is 0 Å². The highest BCUT2D eigenvalue weighted by atomic mass is 79.9. The molecule has 110 valence electrons. The van der Waals surface area contributed by atoms with E-state index in [4.69, 9.17) is 4.74 Å². The first-order valence-electron chi connectivity index (χ1n) is 6.38. The van der Waals surface area contributed by atoms with Crippen LogP contribution in [0, 0.1) is 6.92 Å². The summed E-state index contributed by atoms with van der Waals surface area (Å²) in [7, 11) is 1.56. The molecule has 5 nitrogen and oxygen atoms in total. The molecular formula is C15H16BrN3O2. The summed E-state index contributed by atoms with van der Waals surface area (Å²) in [6.07, 6.45) is 1.67. The maximum atomic E-state index is 11.8. The molecule has 2 amide bonds. The van der Waals surface area contributed by atoms with Gasteiger partial charge in [0.05, 0.1) is 7.11 Å². The molecule has 2 rings (SSSR count). The number of pyridine rings is 1. The topological polar surface area (TPSA) is 63.2 Å². The molecule has 0 radical (unpaired) electrons. The predicted molar refractivity (Wildman–Crippen MR) is 85.5 cm³/mol. The fraction of sp³-hybridized carbons (Fsp3) is 0.200. The van der Waals surface area contributed by atoms with E-state index in [0.717, 1.165) is 21.3 Å².